The Morgan fingerprint density at radius 3 is 2.75 bits per heavy atom. The second-order valence-electron chi connectivity index (χ2n) is 1.79. The molecule has 46 valence electrons. The Labute approximate surface area is 49.8 Å². The second-order valence-corrected chi connectivity index (χ2v) is 1.79. The summed E-state index contributed by atoms with van der Waals surface area (Å²) < 4.78 is 0. The van der Waals surface area contributed by atoms with Gasteiger partial charge in [-0.2, -0.15) is 5.26 Å². The smallest absolute Gasteiger partial charge is 0.140 e. The molecular weight excluding hydrogens is 102 g/mol. The predicted molar refractivity (Wildman–Crippen MR) is 31.1 cm³/mol. The molecule has 2 heteroatoms. The summed E-state index contributed by atoms with van der Waals surface area (Å²) >= 11 is 0. The summed E-state index contributed by atoms with van der Waals surface area (Å²) in [5, 5.41) is 16.7. The molecule has 1 N–H and O–H groups in total. The van der Waals surface area contributed by atoms with Crippen LogP contribution < -0.4 is 0 Å². The lowest BCUT2D eigenvalue weighted by Crippen LogP contribution is -2.00. The fourth-order valence-corrected chi connectivity index (χ4v) is 0.462. The first kappa shape index (κ1) is 7.45. The van der Waals surface area contributed by atoms with Crippen LogP contribution in [-0.2, 0) is 0 Å². The molecule has 0 heterocycles. The molecule has 1 atom stereocenters. The molecule has 0 aromatic heterocycles. The van der Waals surface area contributed by atoms with Gasteiger partial charge in [-0.15, -0.1) is 0 Å². The Morgan fingerprint density at radius 1 is 1.75 bits per heavy atom. The highest BCUT2D eigenvalue weighted by Crippen LogP contribution is 1.97. The summed E-state index contributed by atoms with van der Waals surface area (Å²) in [6, 6.07) is 1.76. The van der Waals surface area contributed by atoms with Crippen LogP contribution in [0.5, 0.6) is 0 Å². The number of aliphatic hydroxyl groups is 1. The molecule has 0 spiro atoms. The minimum Gasteiger partial charge on any atom is -0.378 e. The Bertz CT molecular complexity index is 85.0. The molecule has 2 nitrogen and oxygen atoms in total. The minimum atomic E-state index is -0.741. The van der Waals surface area contributed by atoms with Crippen LogP contribution in [0, 0.1) is 11.3 Å². The van der Waals surface area contributed by atoms with E-state index in [1.54, 1.807) is 6.07 Å². The predicted octanol–water partition coefficient (Wildman–Crippen LogP) is 1.06. The number of aliphatic hydroxyl groups excluding tert-OH is 1. The van der Waals surface area contributed by atoms with Crippen LogP contribution in [-0.4, -0.2) is 11.2 Å². The maximum Gasteiger partial charge on any atom is 0.140 e. The third-order valence-electron chi connectivity index (χ3n) is 0.980. The van der Waals surface area contributed by atoms with Gasteiger partial charge in [0, 0.05) is 0 Å². The molecule has 0 rings (SSSR count). The monoisotopic (exact) mass is 113 g/mol. The summed E-state index contributed by atoms with van der Waals surface area (Å²) in [5.41, 5.74) is 0. The molecule has 0 radical (unpaired) electrons. The van der Waals surface area contributed by atoms with Crippen molar-refractivity contribution in [3.8, 4) is 6.07 Å². The van der Waals surface area contributed by atoms with Crippen LogP contribution in [0.1, 0.15) is 26.2 Å². The van der Waals surface area contributed by atoms with E-state index in [0.717, 1.165) is 12.8 Å². The Balaban J connectivity index is 3.02. The summed E-state index contributed by atoms with van der Waals surface area (Å²) in [4.78, 5) is 0. The highest BCUT2D eigenvalue weighted by Gasteiger charge is 1.96. The second kappa shape index (κ2) is 4.61. The average Bonchev–Trinajstić information content (AvgIpc) is 1.83. The van der Waals surface area contributed by atoms with Gasteiger partial charge in [0.25, 0.3) is 0 Å². The lowest BCUT2D eigenvalue weighted by Gasteiger charge is -1.95. The van der Waals surface area contributed by atoms with E-state index in [2.05, 4.69) is 0 Å². The van der Waals surface area contributed by atoms with Crippen LogP contribution in [0.2, 0.25) is 0 Å². The van der Waals surface area contributed by atoms with Gasteiger partial charge in [-0.3, -0.25) is 0 Å². The molecule has 0 aliphatic carbocycles. The van der Waals surface area contributed by atoms with Crippen molar-refractivity contribution in [3.63, 3.8) is 0 Å². The maximum atomic E-state index is 8.63. The molecule has 0 fully saturated rings. The molecular formula is C6H11NO. The van der Waals surface area contributed by atoms with Gasteiger partial charge >= 0.3 is 0 Å². The van der Waals surface area contributed by atoms with E-state index in [-0.39, 0.29) is 0 Å². The molecule has 0 aliphatic rings. The van der Waals surface area contributed by atoms with Crippen molar-refractivity contribution < 1.29 is 5.11 Å². The lowest BCUT2D eigenvalue weighted by atomic mass is 10.2. The van der Waals surface area contributed by atoms with E-state index < -0.39 is 6.10 Å². The SMILES string of the molecule is CCCC[C@H](O)C#N. The molecule has 0 aromatic carbocycles. The zero-order valence-corrected chi connectivity index (χ0v) is 5.09. The molecule has 8 heavy (non-hydrogen) atoms. The van der Waals surface area contributed by atoms with Crippen LogP contribution in [0.4, 0.5) is 0 Å². The molecule has 0 saturated heterocycles. The number of hydrogen-bond donors (Lipinski definition) is 1. The van der Waals surface area contributed by atoms with E-state index in [9.17, 15) is 0 Å². The Hall–Kier alpha value is -0.550. The van der Waals surface area contributed by atoms with Crippen LogP contribution in [0.25, 0.3) is 0 Å². The minimum absolute atomic E-state index is 0.618. The van der Waals surface area contributed by atoms with E-state index >= 15 is 0 Å². The highest BCUT2D eigenvalue weighted by atomic mass is 16.3. The number of unbranched alkanes of at least 4 members (excludes halogenated alkanes) is 1. The van der Waals surface area contributed by atoms with Crippen LogP contribution in [0.3, 0.4) is 0 Å². The summed E-state index contributed by atoms with van der Waals surface area (Å²) in [7, 11) is 0. The first-order valence-electron chi connectivity index (χ1n) is 2.89. The number of hydrogen-bond acceptors (Lipinski definition) is 2. The Morgan fingerprint density at radius 2 is 2.38 bits per heavy atom. The van der Waals surface area contributed by atoms with Crippen molar-refractivity contribution in [3.05, 3.63) is 0 Å². The van der Waals surface area contributed by atoms with Gasteiger partial charge in [-0.25, -0.2) is 0 Å². The Kier molecular flexibility index (Phi) is 4.29. The third kappa shape index (κ3) is 3.63. The third-order valence-corrected chi connectivity index (χ3v) is 0.980. The van der Waals surface area contributed by atoms with Gasteiger partial charge < -0.3 is 5.11 Å². The molecule has 0 aromatic rings. The molecule has 0 bridgehead atoms. The first-order chi connectivity index (χ1) is 3.81. The molecule has 0 saturated carbocycles. The van der Waals surface area contributed by atoms with Gasteiger partial charge in [-0.05, 0) is 6.42 Å². The van der Waals surface area contributed by atoms with E-state index in [1.807, 2.05) is 6.92 Å². The van der Waals surface area contributed by atoms with Crippen molar-refractivity contribution in [2.24, 2.45) is 0 Å². The van der Waals surface area contributed by atoms with Gasteiger partial charge in [-0.1, -0.05) is 19.8 Å². The van der Waals surface area contributed by atoms with Gasteiger partial charge in [0.05, 0.1) is 6.07 Å². The standard InChI is InChI=1S/C6H11NO/c1-2-3-4-6(8)5-7/h6,8H,2-4H2,1H3/t6-/m0/s1. The molecule has 0 unspecified atom stereocenters. The zero-order valence-electron chi connectivity index (χ0n) is 5.09. The molecule has 0 amide bonds. The van der Waals surface area contributed by atoms with Crippen molar-refractivity contribution in [2.75, 3.05) is 0 Å². The highest BCUT2D eigenvalue weighted by molar-refractivity contribution is 4.80. The topological polar surface area (TPSA) is 44.0 Å². The fraction of sp³-hybridized carbons (Fsp3) is 0.833. The number of nitriles is 1. The number of rotatable bonds is 3. The van der Waals surface area contributed by atoms with E-state index in [1.165, 1.54) is 0 Å². The fourth-order valence-electron chi connectivity index (χ4n) is 0.462. The summed E-state index contributed by atoms with van der Waals surface area (Å²) in [5.74, 6) is 0. The van der Waals surface area contributed by atoms with Crippen molar-refractivity contribution in [2.45, 2.75) is 32.3 Å². The van der Waals surface area contributed by atoms with Gasteiger partial charge in [0.2, 0.25) is 0 Å². The van der Waals surface area contributed by atoms with E-state index in [0.29, 0.717) is 6.42 Å². The van der Waals surface area contributed by atoms with Crippen LogP contribution in [0.15, 0.2) is 0 Å². The van der Waals surface area contributed by atoms with Crippen LogP contribution >= 0.6 is 0 Å². The first-order valence-corrected chi connectivity index (χ1v) is 2.89. The van der Waals surface area contributed by atoms with Gasteiger partial charge in [0.1, 0.15) is 6.10 Å². The molecule has 0 aliphatic heterocycles. The summed E-state index contributed by atoms with van der Waals surface area (Å²) in [6.07, 6.45) is 1.86. The van der Waals surface area contributed by atoms with Crippen molar-refractivity contribution in [1.29, 1.82) is 5.26 Å². The normalized spacial score (nSPS) is 12.6. The average molecular weight is 113 g/mol. The quantitative estimate of drug-likeness (QED) is 0.556. The zero-order chi connectivity index (χ0) is 6.41. The maximum absolute atomic E-state index is 8.63. The van der Waals surface area contributed by atoms with E-state index in [4.69, 9.17) is 10.4 Å². The summed E-state index contributed by atoms with van der Waals surface area (Å²) in [6.45, 7) is 2.03. The van der Waals surface area contributed by atoms with Crippen molar-refractivity contribution >= 4 is 0 Å². The largest absolute Gasteiger partial charge is 0.378 e. The number of nitrogens with zero attached hydrogens (tertiary/aromatic N) is 1. The van der Waals surface area contributed by atoms with Gasteiger partial charge in [0.15, 0.2) is 0 Å². The lowest BCUT2D eigenvalue weighted by molar-refractivity contribution is 0.216. The van der Waals surface area contributed by atoms with Crippen molar-refractivity contribution in [1.82, 2.24) is 0 Å².